The summed E-state index contributed by atoms with van der Waals surface area (Å²) in [5, 5.41) is 1.02. The van der Waals surface area contributed by atoms with Crippen LogP contribution in [0.2, 0.25) is 0 Å². The van der Waals surface area contributed by atoms with E-state index in [9.17, 15) is 4.39 Å². The Morgan fingerprint density at radius 1 is 1.15 bits per heavy atom. The number of aryl methyl sites for hydroxylation is 1. The predicted octanol–water partition coefficient (Wildman–Crippen LogP) is 4.76. The maximum absolute atomic E-state index is 14.4. The van der Waals surface area contributed by atoms with E-state index in [2.05, 4.69) is 52.6 Å². The van der Waals surface area contributed by atoms with Crippen LogP contribution in [-0.4, -0.2) is 16.1 Å². The first kappa shape index (κ1) is 15.9. The summed E-state index contributed by atoms with van der Waals surface area (Å²) in [5.74, 6) is 1.20. The zero-order valence-electron chi connectivity index (χ0n) is 15.4. The van der Waals surface area contributed by atoms with Gasteiger partial charge in [-0.25, -0.2) is 4.98 Å². The molecule has 1 aromatic carbocycles. The molecule has 3 heterocycles. The van der Waals surface area contributed by atoms with Gasteiger partial charge in [-0.1, -0.05) is 24.3 Å². The Bertz CT molecular complexity index is 1000. The molecule has 0 amide bonds. The fourth-order valence-corrected chi connectivity index (χ4v) is 4.30. The van der Waals surface area contributed by atoms with Crippen LogP contribution < -0.4 is 4.90 Å². The van der Waals surface area contributed by atoms with Crippen molar-refractivity contribution < 1.29 is 4.39 Å². The Morgan fingerprint density at radius 3 is 2.69 bits per heavy atom. The molecule has 0 spiro atoms. The number of halogens is 1. The van der Waals surface area contributed by atoms with Crippen LogP contribution >= 0.6 is 0 Å². The second-order valence-electron chi connectivity index (χ2n) is 7.87. The molecule has 3 aromatic rings. The number of hydrogen-bond donors (Lipinski definition) is 0. The Balaban J connectivity index is 1.66. The quantitative estimate of drug-likeness (QED) is 0.636. The lowest BCUT2D eigenvalue weighted by molar-refractivity contribution is 0.579. The Kier molecular flexibility index (Phi) is 3.56. The molecule has 2 aliphatic rings. The van der Waals surface area contributed by atoms with E-state index in [1.165, 1.54) is 35.2 Å². The van der Waals surface area contributed by atoms with Gasteiger partial charge in [-0.05, 0) is 55.7 Å². The molecule has 1 fully saturated rings. The van der Waals surface area contributed by atoms with Crippen LogP contribution in [0.1, 0.15) is 35.2 Å². The first-order chi connectivity index (χ1) is 12.6. The topological polar surface area (TPSA) is 21.1 Å². The second kappa shape index (κ2) is 5.83. The van der Waals surface area contributed by atoms with Crippen molar-refractivity contribution in [2.75, 3.05) is 11.4 Å². The number of anilines is 1. The van der Waals surface area contributed by atoms with Gasteiger partial charge in [-0.3, -0.25) is 0 Å². The molecule has 0 saturated heterocycles. The smallest absolute Gasteiger partial charge is 0.215 e. The summed E-state index contributed by atoms with van der Waals surface area (Å²) in [4.78, 5) is 6.64. The Hall–Kier alpha value is -2.36. The first-order valence-electron chi connectivity index (χ1n) is 9.59. The number of nitrogens with zero attached hydrogens (tertiary/aromatic N) is 3. The third-order valence-electron chi connectivity index (χ3n) is 6.13. The Labute approximate surface area is 153 Å². The predicted molar refractivity (Wildman–Crippen MR) is 103 cm³/mol. The van der Waals surface area contributed by atoms with E-state index in [4.69, 9.17) is 0 Å². The maximum Gasteiger partial charge on any atom is 0.215 e. The van der Waals surface area contributed by atoms with E-state index in [0.717, 1.165) is 48.7 Å². The summed E-state index contributed by atoms with van der Waals surface area (Å²) < 4.78 is 16.8. The molecule has 0 unspecified atom stereocenters. The van der Waals surface area contributed by atoms with E-state index in [0.29, 0.717) is 0 Å². The highest BCUT2D eigenvalue weighted by Gasteiger charge is 2.27. The lowest BCUT2D eigenvalue weighted by atomic mass is 10.00. The standard InChI is InChI=1S/C22H24FN3/c1-14-15(2)26(12-16-7-8-16)21-19(14)11-20(23)24-22(21)25-10-9-17-5-3-4-6-18(17)13-25/h3-6,11,16H,7-10,12-13H2,1-2H3. The van der Waals surface area contributed by atoms with Gasteiger partial charge in [0, 0.05) is 36.8 Å². The molecule has 3 nitrogen and oxygen atoms in total. The van der Waals surface area contributed by atoms with Crippen LogP contribution in [-0.2, 0) is 19.5 Å². The first-order valence-corrected chi connectivity index (χ1v) is 9.59. The number of rotatable bonds is 3. The minimum atomic E-state index is -0.377. The van der Waals surface area contributed by atoms with Crippen LogP contribution in [0, 0.1) is 25.7 Å². The molecule has 1 aliphatic heterocycles. The third kappa shape index (κ3) is 2.51. The molecule has 4 heteroatoms. The highest BCUT2D eigenvalue weighted by molar-refractivity contribution is 5.93. The normalized spacial score (nSPS) is 17.0. The van der Waals surface area contributed by atoms with Crippen molar-refractivity contribution >= 4 is 16.7 Å². The number of pyridine rings is 1. The van der Waals surface area contributed by atoms with E-state index < -0.39 is 0 Å². The minimum Gasteiger partial charge on any atom is -0.350 e. The van der Waals surface area contributed by atoms with E-state index in [1.807, 2.05) is 0 Å². The molecule has 26 heavy (non-hydrogen) atoms. The molecular formula is C22H24FN3. The molecule has 1 saturated carbocycles. The number of hydrogen-bond acceptors (Lipinski definition) is 2. The van der Waals surface area contributed by atoms with Gasteiger partial charge in [0.2, 0.25) is 5.95 Å². The number of benzene rings is 1. The lowest BCUT2D eigenvalue weighted by Crippen LogP contribution is -2.31. The van der Waals surface area contributed by atoms with Crippen molar-refractivity contribution in [1.82, 2.24) is 9.55 Å². The van der Waals surface area contributed by atoms with Crippen molar-refractivity contribution in [3.8, 4) is 0 Å². The summed E-state index contributed by atoms with van der Waals surface area (Å²) in [7, 11) is 0. The monoisotopic (exact) mass is 349 g/mol. The molecule has 0 bridgehead atoms. The van der Waals surface area contributed by atoms with Gasteiger partial charge in [-0.15, -0.1) is 0 Å². The number of fused-ring (bicyclic) bond motifs is 2. The van der Waals surface area contributed by atoms with Crippen LogP contribution in [0.5, 0.6) is 0 Å². The maximum atomic E-state index is 14.4. The highest BCUT2D eigenvalue weighted by Crippen LogP contribution is 2.38. The third-order valence-corrected chi connectivity index (χ3v) is 6.13. The molecule has 0 atom stereocenters. The minimum absolute atomic E-state index is 0.377. The lowest BCUT2D eigenvalue weighted by Gasteiger charge is -2.30. The van der Waals surface area contributed by atoms with Crippen molar-refractivity contribution in [2.24, 2.45) is 5.92 Å². The van der Waals surface area contributed by atoms with Crippen molar-refractivity contribution in [2.45, 2.75) is 46.2 Å². The summed E-state index contributed by atoms with van der Waals surface area (Å²) >= 11 is 0. The summed E-state index contributed by atoms with van der Waals surface area (Å²) in [6, 6.07) is 10.2. The van der Waals surface area contributed by atoms with E-state index in [-0.39, 0.29) is 5.95 Å². The Morgan fingerprint density at radius 2 is 1.92 bits per heavy atom. The van der Waals surface area contributed by atoms with Crippen LogP contribution in [0.4, 0.5) is 10.2 Å². The van der Waals surface area contributed by atoms with Gasteiger partial charge in [0.25, 0.3) is 0 Å². The van der Waals surface area contributed by atoms with Crippen LogP contribution in [0.15, 0.2) is 30.3 Å². The fraction of sp³-hybridized carbons (Fsp3) is 0.409. The van der Waals surface area contributed by atoms with Gasteiger partial charge in [-0.2, -0.15) is 4.39 Å². The molecule has 0 N–H and O–H groups in total. The van der Waals surface area contributed by atoms with Crippen LogP contribution in [0.25, 0.3) is 10.9 Å². The molecule has 1 aliphatic carbocycles. The van der Waals surface area contributed by atoms with Gasteiger partial charge in [0.15, 0.2) is 5.82 Å². The zero-order valence-corrected chi connectivity index (χ0v) is 15.4. The highest BCUT2D eigenvalue weighted by atomic mass is 19.1. The molecule has 134 valence electrons. The van der Waals surface area contributed by atoms with Gasteiger partial charge < -0.3 is 9.47 Å². The van der Waals surface area contributed by atoms with Crippen molar-refractivity contribution in [3.63, 3.8) is 0 Å². The van der Waals surface area contributed by atoms with Crippen molar-refractivity contribution in [1.29, 1.82) is 0 Å². The van der Waals surface area contributed by atoms with Crippen molar-refractivity contribution in [3.05, 3.63) is 58.7 Å². The van der Waals surface area contributed by atoms with Gasteiger partial charge in [0.05, 0.1) is 5.52 Å². The number of aromatic nitrogens is 2. The summed E-state index contributed by atoms with van der Waals surface area (Å²) in [6.45, 7) is 6.98. The summed E-state index contributed by atoms with van der Waals surface area (Å²) in [6.07, 6.45) is 3.59. The largest absolute Gasteiger partial charge is 0.350 e. The fourth-order valence-electron chi connectivity index (χ4n) is 4.30. The van der Waals surface area contributed by atoms with Gasteiger partial charge in [0.1, 0.15) is 0 Å². The molecule has 0 radical (unpaired) electrons. The average molecular weight is 349 g/mol. The van der Waals surface area contributed by atoms with E-state index in [1.54, 1.807) is 6.07 Å². The van der Waals surface area contributed by atoms with E-state index >= 15 is 0 Å². The molecular weight excluding hydrogens is 325 g/mol. The summed E-state index contributed by atoms with van der Waals surface area (Å²) in [5.41, 5.74) is 6.27. The molecule has 2 aromatic heterocycles. The zero-order chi connectivity index (χ0) is 17.8. The van der Waals surface area contributed by atoms with Crippen LogP contribution in [0.3, 0.4) is 0 Å². The van der Waals surface area contributed by atoms with Gasteiger partial charge >= 0.3 is 0 Å². The second-order valence-corrected chi connectivity index (χ2v) is 7.87. The SMILES string of the molecule is Cc1c(C)n(CC2CC2)c2c(N3CCc4ccccc4C3)nc(F)cc12. The average Bonchev–Trinajstić information content (AvgIpc) is 3.44. The molecule has 5 rings (SSSR count).